The molecule has 5 heteroatoms. The molecule has 0 aromatic rings. The number of hydrogen-bond donors (Lipinski definition) is 0. The van der Waals surface area contributed by atoms with Crippen molar-refractivity contribution in [3.63, 3.8) is 0 Å². The SMILES string of the molecule is C=C1OC(C(=O)OC)C[C@@]12CCOC2=O. The van der Waals surface area contributed by atoms with E-state index in [0.29, 0.717) is 18.8 Å². The van der Waals surface area contributed by atoms with Crippen LogP contribution in [0.4, 0.5) is 0 Å². The van der Waals surface area contributed by atoms with Gasteiger partial charge in [-0.15, -0.1) is 0 Å². The van der Waals surface area contributed by atoms with Gasteiger partial charge in [0.25, 0.3) is 0 Å². The highest BCUT2D eigenvalue weighted by Gasteiger charge is 2.56. The van der Waals surface area contributed by atoms with Gasteiger partial charge >= 0.3 is 11.9 Å². The highest BCUT2D eigenvalue weighted by molar-refractivity contribution is 5.85. The van der Waals surface area contributed by atoms with Crippen LogP contribution in [0.2, 0.25) is 0 Å². The Labute approximate surface area is 87.0 Å². The lowest BCUT2D eigenvalue weighted by Crippen LogP contribution is -2.27. The second-order valence-electron chi connectivity index (χ2n) is 3.72. The van der Waals surface area contributed by atoms with Gasteiger partial charge in [-0.2, -0.15) is 0 Å². The molecule has 2 aliphatic rings. The van der Waals surface area contributed by atoms with Crippen molar-refractivity contribution in [3.05, 3.63) is 12.3 Å². The van der Waals surface area contributed by atoms with Gasteiger partial charge in [0.15, 0.2) is 6.10 Å². The zero-order valence-corrected chi connectivity index (χ0v) is 8.45. The molecule has 0 bridgehead atoms. The fourth-order valence-corrected chi connectivity index (χ4v) is 2.02. The van der Waals surface area contributed by atoms with Crippen LogP contribution in [0.25, 0.3) is 0 Å². The molecule has 82 valence electrons. The Morgan fingerprint density at radius 1 is 1.67 bits per heavy atom. The molecule has 0 saturated carbocycles. The first-order valence-electron chi connectivity index (χ1n) is 4.71. The van der Waals surface area contributed by atoms with E-state index in [4.69, 9.17) is 9.47 Å². The van der Waals surface area contributed by atoms with E-state index in [-0.39, 0.29) is 12.4 Å². The average Bonchev–Trinajstić information content (AvgIpc) is 2.74. The van der Waals surface area contributed by atoms with Gasteiger partial charge in [0.2, 0.25) is 0 Å². The van der Waals surface area contributed by atoms with Crippen molar-refractivity contribution in [2.75, 3.05) is 13.7 Å². The maximum absolute atomic E-state index is 11.6. The van der Waals surface area contributed by atoms with Crippen LogP contribution in [-0.2, 0) is 23.8 Å². The highest BCUT2D eigenvalue weighted by atomic mass is 16.6. The monoisotopic (exact) mass is 212 g/mol. The maximum atomic E-state index is 11.6. The molecule has 1 spiro atoms. The number of methoxy groups -OCH3 is 1. The first-order chi connectivity index (χ1) is 7.10. The predicted octanol–water partition coefficient (Wildman–Crippen LogP) is 0.395. The molecule has 2 heterocycles. The minimum absolute atomic E-state index is 0.275. The van der Waals surface area contributed by atoms with Crippen molar-refractivity contribution in [1.82, 2.24) is 0 Å². The predicted molar refractivity (Wildman–Crippen MR) is 48.7 cm³/mol. The molecule has 0 amide bonds. The molecule has 2 aliphatic heterocycles. The standard InChI is InChI=1S/C10H12O5/c1-6-10(3-4-14-9(10)12)5-7(15-6)8(11)13-2/h7H,1,3-5H2,2H3/t7?,10-/m0/s1. The third kappa shape index (κ3) is 1.30. The Morgan fingerprint density at radius 2 is 2.40 bits per heavy atom. The van der Waals surface area contributed by atoms with E-state index in [1.807, 2.05) is 0 Å². The van der Waals surface area contributed by atoms with Crippen LogP contribution < -0.4 is 0 Å². The fourth-order valence-electron chi connectivity index (χ4n) is 2.02. The third-order valence-electron chi connectivity index (χ3n) is 2.97. The number of carbonyl (C=O) groups is 2. The number of ether oxygens (including phenoxy) is 3. The summed E-state index contributed by atoms with van der Waals surface area (Å²) >= 11 is 0. The van der Waals surface area contributed by atoms with Crippen LogP contribution in [-0.4, -0.2) is 31.8 Å². The van der Waals surface area contributed by atoms with Crippen molar-refractivity contribution in [3.8, 4) is 0 Å². The lowest BCUT2D eigenvalue weighted by atomic mass is 9.82. The van der Waals surface area contributed by atoms with Gasteiger partial charge in [0.05, 0.1) is 13.7 Å². The maximum Gasteiger partial charge on any atom is 0.347 e. The number of esters is 2. The molecule has 2 atom stereocenters. The molecule has 0 aromatic heterocycles. The Balaban J connectivity index is 2.20. The zero-order chi connectivity index (χ0) is 11.1. The van der Waals surface area contributed by atoms with Crippen molar-refractivity contribution in [1.29, 1.82) is 0 Å². The Kier molecular flexibility index (Phi) is 2.17. The zero-order valence-electron chi connectivity index (χ0n) is 8.45. The van der Waals surface area contributed by atoms with E-state index in [1.165, 1.54) is 7.11 Å². The van der Waals surface area contributed by atoms with E-state index in [0.717, 1.165) is 0 Å². The second kappa shape index (κ2) is 3.25. The van der Waals surface area contributed by atoms with Crippen molar-refractivity contribution in [2.45, 2.75) is 18.9 Å². The second-order valence-corrected chi connectivity index (χ2v) is 3.72. The first kappa shape index (κ1) is 10.0. The number of rotatable bonds is 1. The summed E-state index contributed by atoms with van der Waals surface area (Å²) in [6, 6.07) is 0. The average molecular weight is 212 g/mol. The molecule has 15 heavy (non-hydrogen) atoms. The van der Waals surface area contributed by atoms with E-state index < -0.39 is 17.5 Å². The molecule has 1 unspecified atom stereocenters. The van der Waals surface area contributed by atoms with Crippen molar-refractivity contribution in [2.24, 2.45) is 5.41 Å². The molecular weight excluding hydrogens is 200 g/mol. The molecule has 5 nitrogen and oxygen atoms in total. The molecule has 0 N–H and O–H groups in total. The van der Waals surface area contributed by atoms with Gasteiger partial charge in [0.1, 0.15) is 11.2 Å². The Hall–Kier alpha value is -1.52. The van der Waals surface area contributed by atoms with Crippen LogP contribution in [0.5, 0.6) is 0 Å². The summed E-state index contributed by atoms with van der Waals surface area (Å²) in [6.07, 6.45) is 0.0725. The summed E-state index contributed by atoms with van der Waals surface area (Å²) in [6.45, 7) is 4.03. The smallest absolute Gasteiger partial charge is 0.347 e. The highest BCUT2D eigenvalue weighted by Crippen LogP contribution is 2.47. The van der Waals surface area contributed by atoms with Crippen LogP contribution >= 0.6 is 0 Å². The number of carbonyl (C=O) groups excluding carboxylic acids is 2. The summed E-state index contributed by atoms with van der Waals surface area (Å²) in [5.41, 5.74) is -0.821. The minimum Gasteiger partial charge on any atom is -0.482 e. The minimum atomic E-state index is -0.821. The molecule has 0 aliphatic carbocycles. The van der Waals surface area contributed by atoms with Crippen LogP contribution in [0.15, 0.2) is 12.3 Å². The Bertz CT molecular complexity index is 335. The fraction of sp³-hybridized carbons (Fsp3) is 0.600. The third-order valence-corrected chi connectivity index (χ3v) is 2.97. The molecule has 2 rings (SSSR count). The molecular formula is C10H12O5. The summed E-state index contributed by atoms with van der Waals surface area (Å²) in [5, 5.41) is 0. The van der Waals surface area contributed by atoms with E-state index in [2.05, 4.69) is 11.3 Å². The largest absolute Gasteiger partial charge is 0.482 e. The van der Waals surface area contributed by atoms with Crippen LogP contribution in [0.3, 0.4) is 0 Å². The van der Waals surface area contributed by atoms with Gasteiger partial charge in [-0.05, 0) is 0 Å². The molecule has 2 saturated heterocycles. The topological polar surface area (TPSA) is 61.8 Å². The van der Waals surface area contributed by atoms with Crippen LogP contribution in [0.1, 0.15) is 12.8 Å². The van der Waals surface area contributed by atoms with Gasteiger partial charge in [0, 0.05) is 12.8 Å². The first-order valence-corrected chi connectivity index (χ1v) is 4.71. The van der Waals surface area contributed by atoms with Gasteiger partial charge in [-0.3, -0.25) is 4.79 Å². The molecule has 2 fully saturated rings. The van der Waals surface area contributed by atoms with Crippen molar-refractivity contribution < 1.29 is 23.8 Å². The summed E-state index contributed by atoms with van der Waals surface area (Å²) in [7, 11) is 1.28. The summed E-state index contributed by atoms with van der Waals surface area (Å²) in [5.74, 6) is -0.507. The van der Waals surface area contributed by atoms with Gasteiger partial charge in [-0.25, -0.2) is 4.79 Å². The number of cyclic esters (lactones) is 1. The van der Waals surface area contributed by atoms with Crippen LogP contribution in [0, 0.1) is 5.41 Å². The van der Waals surface area contributed by atoms with E-state index in [1.54, 1.807) is 0 Å². The lowest BCUT2D eigenvalue weighted by molar-refractivity contribution is -0.149. The lowest BCUT2D eigenvalue weighted by Gasteiger charge is -2.14. The van der Waals surface area contributed by atoms with E-state index >= 15 is 0 Å². The summed E-state index contributed by atoms with van der Waals surface area (Å²) < 4.78 is 14.7. The quantitative estimate of drug-likeness (QED) is 0.588. The van der Waals surface area contributed by atoms with Gasteiger partial charge in [-0.1, -0.05) is 6.58 Å². The van der Waals surface area contributed by atoms with E-state index in [9.17, 15) is 9.59 Å². The van der Waals surface area contributed by atoms with Crippen molar-refractivity contribution >= 4 is 11.9 Å². The normalized spacial score (nSPS) is 34.1. The number of hydrogen-bond acceptors (Lipinski definition) is 5. The molecule has 0 radical (unpaired) electrons. The molecule has 0 aromatic carbocycles. The summed E-state index contributed by atoms with van der Waals surface area (Å²) in [4.78, 5) is 22.8. The van der Waals surface area contributed by atoms with Gasteiger partial charge < -0.3 is 14.2 Å². The Morgan fingerprint density at radius 3 is 2.93 bits per heavy atom.